The van der Waals surface area contributed by atoms with E-state index in [9.17, 15) is 48.6 Å². The highest BCUT2D eigenvalue weighted by Crippen LogP contribution is 2.29. The Labute approximate surface area is 356 Å². The number of rotatable bonds is 28. The topological polar surface area (TPSA) is 269 Å². The maximum absolute atomic E-state index is 13.6. The van der Waals surface area contributed by atoms with Gasteiger partial charge < -0.3 is 47.2 Å². The number of urea groups is 1. The largest absolute Gasteiger partial charge is 0.481 e. The summed E-state index contributed by atoms with van der Waals surface area (Å²) in [4.78, 5) is 98.1. The normalized spacial score (nSPS) is 16.9. The van der Waals surface area contributed by atoms with Crippen LogP contribution in [-0.2, 0) is 40.0 Å². The minimum absolute atomic E-state index is 0.0333. The summed E-state index contributed by atoms with van der Waals surface area (Å²) in [5.41, 5.74) is 0.854. The molecule has 9 N–H and O–H groups in total. The molecule has 1 fully saturated rings. The number of fused-ring (bicyclic) bond motifs is 1. The molecule has 2 aromatic rings. The molecule has 17 heteroatoms. The molecule has 1 aliphatic rings. The van der Waals surface area contributed by atoms with E-state index < -0.39 is 54.4 Å². The molecule has 0 bridgehead atoms. The van der Waals surface area contributed by atoms with Crippen molar-refractivity contribution in [3.63, 3.8) is 0 Å². The molecule has 17 nitrogen and oxygen atoms in total. The van der Waals surface area contributed by atoms with Gasteiger partial charge in [0.15, 0.2) is 0 Å². The molecule has 4 atom stereocenters. The second kappa shape index (κ2) is 26.6. The number of amides is 5. The fourth-order valence-corrected chi connectivity index (χ4v) is 7.48. The molecule has 0 aliphatic heterocycles. The highest BCUT2D eigenvalue weighted by molar-refractivity contribution is 5.90. The number of nitrogens with one attached hydrogen (secondary N) is 6. The molecule has 1 aliphatic carbocycles. The van der Waals surface area contributed by atoms with E-state index in [0.29, 0.717) is 45.1 Å². The number of aliphatic carboxylic acids is 3. The number of hydrogen-bond acceptors (Lipinski definition) is 9. The predicted octanol–water partition coefficient (Wildman–Crippen LogP) is 3.66. The summed E-state index contributed by atoms with van der Waals surface area (Å²) in [5, 5.41) is 46.1. The van der Waals surface area contributed by atoms with Crippen molar-refractivity contribution in [2.45, 2.75) is 134 Å². The van der Waals surface area contributed by atoms with Crippen LogP contribution in [0, 0.1) is 11.8 Å². The lowest BCUT2D eigenvalue weighted by Gasteiger charge is -2.29. The van der Waals surface area contributed by atoms with Gasteiger partial charge in [-0.3, -0.25) is 24.0 Å². The van der Waals surface area contributed by atoms with E-state index in [0.717, 1.165) is 48.4 Å². The van der Waals surface area contributed by atoms with Crippen LogP contribution in [0.5, 0.6) is 0 Å². The van der Waals surface area contributed by atoms with Crippen molar-refractivity contribution < 1.29 is 53.7 Å². The highest BCUT2D eigenvalue weighted by Gasteiger charge is 2.31. The van der Waals surface area contributed by atoms with Crippen molar-refractivity contribution in [3.05, 3.63) is 48.0 Å². The molecule has 0 spiro atoms. The van der Waals surface area contributed by atoms with Crippen LogP contribution in [0.2, 0.25) is 0 Å². The molecule has 2 aromatic carbocycles. The van der Waals surface area contributed by atoms with Crippen molar-refractivity contribution in [1.82, 2.24) is 31.9 Å². The van der Waals surface area contributed by atoms with E-state index in [1.165, 1.54) is 0 Å². The van der Waals surface area contributed by atoms with Gasteiger partial charge in [0.2, 0.25) is 17.7 Å². The third-order valence-electron chi connectivity index (χ3n) is 11.2. The van der Waals surface area contributed by atoms with Crippen molar-refractivity contribution in [2.75, 3.05) is 20.1 Å². The van der Waals surface area contributed by atoms with Crippen LogP contribution in [0.3, 0.4) is 0 Å². The molecule has 0 aromatic heterocycles. The van der Waals surface area contributed by atoms with Crippen molar-refractivity contribution in [1.29, 1.82) is 0 Å². The summed E-state index contributed by atoms with van der Waals surface area (Å²) in [5.74, 6) is -4.56. The third kappa shape index (κ3) is 18.3. The number of carbonyl (C=O) groups is 8. The summed E-state index contributed by atoms with van der Waals surface area (Å²) in [6.07, 6.45) is 7.01. The zero-order valence-electron chi connectivity index (χ0n) is 35.3. The maximum Gasteiger partial charge on any atom is 0.326 e. The first-order valence-corrected chi connectivity index (χ1v) is 21.5. The number of carbonyl (C=O) groups excluding carboxylic acids is 5. The molecular weight excluding hydrogens is 789 g/mol. The Morgan fingerprint density at radius 3 is 1.92 bits per heavy atom. The quantitative estimate of drug-likeness (QED) is 0.0556. The number of unbranched alkanes of at least 4 members (excludes halogenated alkanes) is 3. The van der Waals surface area contributed by atoms with Crippen LogP contribution in [-0.4, -0.2) is 107 Å². The van der Waals surface area contributed by atoms with E-state index in [2.05, 4.69) is 31.9 Å². The Bertz CT molecular complexity index is 1800. The first-order valence-electron chi connectivity index (χ1n) is 21.5. The van der Waals surface area contributed by atoms with Gasteiger partial charge in [-0.15, -0.1) is 0 Å². The molecule has 61 heavy (non-hydrogen) atoms. The summed E-state index contributed by atoms with van der Waals surface area (Å²) in [6.45, 7) is 2.53. The number of ketones is 1. The molecule has 0 saturated heterocycles. The Hall–Kier alpha value is -5.58. The molecular formula is C44H64N6O11. The number of Topliss-reactive ketones (excluding diaryl/α,β-unsaturated/α-hetero) is 1. The molecule has 5 amide bonds. The molecule has 0 heterocycles. The van der Waals surface area contributed by atoms with Gasteiger partial charge in [-0.2, -0.15) is 0 Å². The molecule has 0 radical (unpaired) electrons. The van der Waals surface area contributed by atoms with E-state index >= 15 is 0 Å². The Balaban J connectivity index is 1.51. The van der Waals surface area contributed by atoms with E-state index in [1.54, 1.807) is 7.05 Å². The van der Waals surface area contributed by atoms with E-state index in [-0.39, 0.29) is 67.7 Å². The number of likely N-dealkylation sites (N-methyl/N-ethyl adjacent to an activating group) is 1. The zero-order valence-corrected chi connectivity index (χ0v) is 35.3. The van der Waals surface area contributed by atoms with Crippen molar-refractivity contribution >= 4 is 58.2 Å². The van der Waals surface area contributed by atoms with Crippen molar-refractivity contribution in [3.8, 4) is 0 Å². The monoisotopic (exact) mass is 852 g/mol. The van der Waals surface area contributed by atoms with Gasteiger partial charge in [-0.05, 0) is 93.5 Å². The second-order valence-corrected chi connectivity index (χ2v) is 15.9. The Kier molecular flexibility index (Phi) is 21.7. The van der Waals surface area contributed by atoms with Gasteiger partial charge >= 0.3 is 23.9 Å². The lowest BCUT2D eigenvalue weighted by molar-refractivity contribution is -0.141. The summed E-state index contributed by atoms with van der Waals surface area (Å²) in [7, 11) is 1.76. The van der Waals surface area contributed by atoms with Gasteiger partial charge in [-0.25, -0.2) is 14.4 Å². The highest BCUT2D eigenvalue weighted by atomic mass is 16.4. The second-order valence-electron chi connectivity index (χ2n) is 15.9. The fourth-order valence-electron chi connectivity index (χ4n) is 7.48. The molecule has 3 rings (SSSR count). The smallest absolute Gasteiger partial charge is 0.326 e. The van der Waals surface area contributed by atoms with Gasteiger partial charge in [0.05, 0.1) is 6.04 Å². The standard InChI is InChI=1S/C44H64N6O11/c1-3-33(51)13-5-4-6-14-34(45-2)40(55)47-27-28-16-20-31(21-17-28)39(54)48-37(26-29-18-19-30-11-7-8-12-32(30)25-29)41(56)46-24-10-9-15-35(42(57)58)49-44(61)50-36(43(59)60)22-23-38(52)53/h7-8,11-12,18-19,25,28,31,34-37,45H,3-6,9-10,13-17,20-24,26-27H2,1-2H3,(H,46,56)(H,47,55)(H,48,54)(H,52,53)(H,57,58)(H,59,60)(H2,49,50,61). The maximum atomic E-state index is 13.6. The van der Waals surface area contributed by atoms with Crippen LogP contribution < -0.4 is 31.9 Å². The fraction of sp³-hybridized carbons (Fsp3) is 0.591. The summed E-state index contributed by atoms with van der Waals surface area (Å²) >= 11 is 0. The third-order valence-corrected chi connectivity index (χ3v) is 11.2. The Morgan fingerprint density at radius 2 is 1.28 bits per heavy atom. The minimum atomic E-state index is -1.52. The van der Waals surface area contributed by atoms with Gasteiger partial charge in [0, 0.05) is 44.7 Å². The predicted molar refractivity (Wildman–Crippen MR) is 228 cm³/mol. The number of hydrogen-bond donors (Lipinski definition) is 9. The van der Waals surface area contributed by atoms with Crippen molar-refractivity contribution in [2.24, 2.45) is 11.8 Å². The van der Waals surface area contributed by atoms with Crippen LogP contribution in [0.25, 0.3) is 10.8 Å². The first kappa shape index (κ1) is 49.8. The average molecular weight is 853 g/mol. The average Bonchev–Trinajstić information content (AvgIpc) is 3.24. The van der Waals surface area contributed by atoms with Gasteiger partial charge in [0.1, 0.15) is 23.9 Å². The lowest BCUT2D eigenvalue weighted by Crippen LogP contribution is -2.51. The summed E-state index contributed by atoms with van der Waals surface area (Å²) in [6, 6.07) is 8.52. The van der Waals surface area contributed by atoms with E-state index in [1.807, 2.05) is 49.4 Å². The number of benzene rings is 2. The molecule has 4 unspecified atom stereocenters. The zero-order chi connectivity index (χ0) is 44.7. The Morgan fingerprint density at radius 1 is 0.656 bits per heavy atom. The van der Waals surface area contributed by atoms with Crippen LogP contribution in [0.15, 0.2) is 42.5 Å². The van der Waals surface area contributed by atoms with Gasteiger partial charge in [0.25, 0.3) is 0 Å². The van der Waals surface area contributed by atoms with Gasteiger partial charge in [-0.1, -0.05) is 62.2 Å². The SMILES string of the molecule is CCC(=O)CCCCCC(NC)C(=O)NCC1CCC(C(=O)NC(Cc2ccc3ccccc3c2)C(=O)NCCCCC(NC(=O)NC(CCC(=O)O)C(=O)O)C(=O)O)CC1. The molecule has 1 saturated carbocycles. The first-order chi connectivity index (χ1) is 29.2. The molecule has 336 valence electrons. The van der Waals surface area contributed by atoms with Crippen LogP contribution in [0.4, 0.5) is 4.79 Å². The van der Waals surface area contributed by atoms with Crippen LogP contribution in [0.1, 0.15) is 109 Å². The van der Waals surface area contributed by atoms with Crippen LogP contribution >= 0.6 is 0 Å². The lowest BCUT2D eigenvalue weighted by atomic mass is 9.81. The number of carboxylic acid groups (broad SMARTS) is 3. The number of carboxylic acids is 3. The van der Waals surface area contributed by atoms with E-state index in [4.69, 9.17) is 5.11 Å². The minimum Gasteiger partial charge on any atom is -0.481 e. The summed E-state index contributed by atoms with van der Waals surface area (Å²) < 4.78 is 0.